The maximum Gasteiger partial charge on any atom is 0.200 e. The molecule has 3 aromatic rings. The topological polar surface area (TPSA) is 35.5 Å². The molecule has 0 bridgehead atoms. The van der Waals surface area contributed by atoms with Crippen molar-refractivity contribution in [2.75, 3.05) is 7.11 Å². The van der Waals surface area contributed by atoms with Crippen LogP contribution in [0, 0.1) is 0 Å². The van der Waals surface area contributed by atoms with Crippen molar-refractivity contribution in [2.45, 2.75) is 11.5 Å². The molecule has 0 saturated heterocycles. The number of carbonyl (C=O) groups is 1. The van der Waals surface area contributed by atoms with Gasteiger partial charge in [-0.15, -0.1) is 0 Å². The number of fused-ring (bicyclic) bond motifs is 1. The van der Waals surface area contributed by atoms with E-state index in [1.807, 2.05) is 78.9 Å². The van der Waals surface area contributed by atoms with Crippen molar-refractivity contribution in [2.24, 2.45) is 0 Å². The number of allylic oxidation sites excluding steroid dienone is 1. The van der Waals surface area contributed by atoms with Gasteiger partial charge in [0.25, 0.3) is 0 Å². The van der Waals surface area contributed by atoms with Crippen LogP contribution in [-0.2, 0) is 6.61 Å². The highest BCUT2D eigenvalue weighted by Gasteiger charge is 2.25. The van der Waals surface area contributed by atoms with Gasteiger partial charge in [0.15, 0.2) is 11.5 Å². The highest BCUT2D eigenvalue weighted by atomic mass is 32.2. The summed E-state index contributed by atoms with van der Waals surface area (Å²) in [4.78, 5) is 14.3. The van der Waals surface area contributed by atoms with Crippen LogP contribution in [-0.4, -0.2) is 12.9 Å². The average molecular weight is 374 g/mol. The zero-order valence-electron chi connectivity index (χ0n) is 14.8. The number of hydrogen-bond donors (Lipinski definition) is 0. The Labute approximate surface area is 162 Å². The number of rotatable bonds is 5. The third-order valence-electron chi connectivity index (χ3n) is 4.30. The summed E-state index contributed by atoms with van der Waals surface area (Å²) in [6.07, 6.45) is 1.90. The van der Waals surface area contributed by atoms with Crippen molar-refractivity contribution in [1.29, 1.82) is 0 Å². The lowest BCUT2D eigenvalue weighted by molar-refractivity contribution is 0.104. The summed E-state index contributed by atoms with van der Waals surface area (Å²) >= 11 is 1.50. The summed E-state index contributed by atoms with van der Waals surface area (Å²) in [6, 6.07) is 23.4. The Morgan fingerprint density at radius 1 is 0.926 bits per heavy atom. The van der Waals surface area contributed by atoms with E-state index >= 15 is 0 Å². The SMILES string of the molecule is COc1cc(/C=C2/Sc3ccccc3C2=O)ccc1OCc1ccccc1. The van der Waals surface area contributed by atoms with E-state index in [0.717, 1.165) is 26.5 Å². The van der Waals surface area contributed by atoms with Crippen molar-refractivity contribution in [3.8, 4) is 11.5 Å². The van der Waals surface area contributed by atoms with Crippen LogP contribution in [0.5, 0.6) is 11.5 Å². The zero-order valence-corrected chi connectivity index (χ0v) is 15.7. The molecule has 0 amide bonds. The Morgan fingerprint density at radius 2 is 1.70 bits per heavy atom. The summed E-state index contributed by atoms with van der Waals surface area (Å²) in [5, 5.41) is 0. The molecule has 0 aromatic heterocycles. The number of thioether (sulfide) groups is 1. The van der Waals surface area contributed by atoms with Crippen molar-refractivity contribution in [3.63, 3.8) is 0 Å². The van der Waals surface area contributed by atoms with E-state index in [0.29, 0.717) is 18.1 Å². The summed E-state index contributed by atoms with van der Waals surface area (Å²) < 4.78 is 11.4. The third-order valence-corrected chi connectivity index (χ3v) is 5.40. The largest absolute Gasteiger partial charge is 0.493 e. The van der Waals surface area contributed by atoms with E-state index in [1.54, 1.807) is 7.11 Å². The number of benzene rings is 3. The number of methoxy groups -OCH3 is 1. The molecule has 1 heterocycles. The molecule has 4 heteroatoms. The Bertz CT molecular complexity index is 1010. The number of ketones is 1. The van der Waals surface area contributed by atoms with E-state index in [1.165, 1.54) is 11.8 Å². The molecule has 0 fully saturated rings. The van der Waals surface area contributed by atoms with Crippen molar-refractivity contribution >= 4 is 23.6 Å². The lowest BCUT2D eigenvalue weighted by atomic mass is 10.1. The fourth-order valence-electron chi connectivity index (χ4n) is 2.92. The standard InChI is InChI=1S/C23H18O3S/c1-25-20-13-17(11-12-19(20)26-15-16-7-3-2-4-8-16)14-22-23(24)18-9-5-6-10-21(18)27-22/h2-14H,15H2,1H3/b22-14+. The fourth-order valence-corrected chi connectivity index (χ4v) is 3.97. The van der Waals surface area contributed by atoms with Gasteiger partial charge in [0.1, 0.15) is 6.61 Å². The van der Waals surface area contributed by atoms with Gasteiger partial charge in [-0.25, -0.2) is 0 Å². The fraction of sp³-hybridized carbons (Fsp3) is 0.0870. The Hall–Kier alpha value is -2.98. The van der Waals surface area contributed by atoms with Gasteiger partial charge in [-0.05, 0) is 41.5 Å². The summed E-state index contributed by atoms with van der Waals surface area (Å²) in [5.74, 6) is 1.39. The molecule has 0 N–H and O–H groups in total. The van der Waals surface area contributed by atoms with E-state index in [4.69, 9.17) is 9.47 Å². The first-order valence-electron chi connectivity index (χ1n) is 8.62. The van der Waals surface area contributed by atoms with Gasteiger partial charge >= 0.3 is 0 Å². The predicted octanol–water partition coefficient (Wildman–Crippen LogP) is 5.60. The molecule has 4 rings (SSSR count). The van der Waals surface area contributed by atoms with Crippen LogP contribution in [0.2, 0.25) is 0 Å². The van der Waals surface area contributed by atoms with Gasteiger partial charge in [0, 0.05) is 10.5 Å². The Balaban J connectivity index is 1.54. The second-order valence-electron chi connectivity index (χ2n) is 6.12. The van der Waals surface area contributed by atoms with Crippen LogP contribution in [0.3, 0.4) is 0 Å². The van der Waals surface area contributed by atoms with Gasteiger partial charge in [-0.2, -0.15) is 0 Å². The first kappa shape index (κ1) is 17.4. The molecular formula is C23H18O3S. The molecule has 0 radical (unpaired) electrons. The van der Waals surface area contributed by atoms with Crippen LogP contribution < -0.4 is 9.47 Å². The second-order valence-corrected chi connectivity index (χ2v) is 7.20. The van der Waals surface area contributed by atoms with Gasteiger partial charge in [0.05, 0.1) is 12.0 Å². The van der Waals surface area contributed by atoms with Crippen molar-refractivity contribution in [1.82, 2.24) is 0 Å². The number of Topliss-reactive ketones (excluding diaryl/α,β-unsaturated/α-hetero) is 1. The summed E-state index contributed by atoms with van der Waals surface area (Å²) in [5.41, 5.74) is 2.77. The lowest BCUT2D eigenvalue weighted by Gasteiger charge is -2.11. The normalized spacial score (nSPS) is 14.3. The van der Waals surface area contributed by atoms with E-state index in [2.05, 4.69) is 0 Å². The van der Waals surface area contributed by atoms with E-state index < -0.39 is 0 Å². The molecule has 0 saturated carbocycles. The van der Waals surface area contributed by atoms with E-state index in [9.17, 15) is 4.79 Å². The van der Waals surface area contributed by atoms with E-state index in [-0.39, 0.29) is 5.78 Å². The molecule has 3 aromatic carbocycles. The molecule has 134 valence electrons. The first-order chi connectivity index (χ1) is 13.2. The summed E-state index contributed by atoms with van der Waals surface area (Å²) in [6.45, 7) is 0.473. The maximum atomic E-state index is 12.5. The second kappa shape index (κ2) is 7.72. The molecule has 1 aliphatic heterocycles. The molecule has 27 heavy (non-hydrogen) atoms. The van der Waals surface area contributed by atoms with Gasteiger partial charge < -0.3 is 9.47 Å². The monoisotopic (exact) mass is 374 g/mol. The summed E-state index contributed by atoms with van der Waals surface area (Å²) in [7, 11) is 1.62. The maximum absolute atomic E-state index is 12.5. The highest BCUT2D eigenvalue weighted by Crippen LogP contribution is 2.41. The smallest absolute Gasteiger partial charge is 0.200 e. The molecule has 0 aliphatic carbocycles. The molecular weight excluding hydrogens is 356 g/mol. The van der Waals surface area contributed by atoms with Crippen molar-refractivity contribution < 1.29 is 14.3 Å². The average Bonchev–Trinajstić information content (AvgIpc) is 3.03. The Kier molecular flexibility index (Phi) is 4.99. The van der Waals surface area contributed by atoms with Crippen molar-refractivity contribution in [3.05, 3.63) is 94.4 Å². The van der Waals surface area contributed by atoms with Crippen LogP contribution in [0.25, 0.3) is 6.08 Å². The minimum atomic E-state index is 0.0685. The van der Waals surface area contributed by atoms with Crippen LogP contribution in [0.1, 0.15) is 21.5 Å². The minimum absolute atomic E-state index is 0.0685. The van der Waals surface area contributed by atoms with Gasteiger partial charge in [-0.1, -0.05) is 60.3 Å². The molecule has 3 nitrogen and oxygen atoms in total. The predicted molar refractivity (Wildman–Crippen MR) is 108 cm³/mol. The molecule has 0 atom stereocenters. The van der Waals surface area contributed by atoms with Crippen LogP contribution >= 0.6 is 11.8 Å². The third kappa shape index (κ3) is 3.76. The zero-order chi connectivity index (χ0) is 18.6. The molecule has 0 unspecified atom stereocenters. The number of ether oxygens (including phenoxy) is 2. The minimum Gasteiger partial charge on any atom is -0.493 e. The lowest BCUT2D eigenvalue weighted by Crippen LogP contribution is -1.98. The Morgan fingerprint density at radius 3 is 2.48 bits per heavy atom. The molecule has 0 spiro atoms. The van der Waals surface area contributed by atoms with Crippen LogP contribution in [0.4, 0.5) is 0 Å². The van der Waals surface area contributed by atoms with Gasteiger partial charge in [-0.3, -0.25) is 4.79 Å². The number of carbonyl (C=O) groups excluding carboxylic acids is 1. The number of hydrogen-bond acceptors (Lipinski definition) is 4. The van der Waals surface area contributed by atoms with Crippen LogP contribution in [0.15, 0.2) is 82.6 Å². The molecule has 1 aliphatic rings. The highest BCUT2D eigenvalue weighted by molar-refractivity contribution is 8.04. The quantitative estimate of drug-likeness (QED) is 0.544. The first-order valence-corrected chi connectivity index (χ1v) is 9.44. The van der Waals surface area contributed by atoms with Gasteiger partial charge in [0.2, 0.25) is 5.78 Å².